The van der Waals surface area contributed by atoms with Crippen LogP contribution in [0.2, 0.25) is 0 Å². The van der Waals surface area contributed by atoms with Gasteiger partial charge in [-0.2, -0.15) is 0 Å². The molecule has 0 saturated carbocycles. The van der Waals surface area contributed by atoms with Crippen molar-refractivity contribution in [3.05, 3.63) is 29.8 Å². The molecule has 1 aromatic carbocycles. The number of nitrogens with two attached hydrogens (primary N) is 1. The fourth-order valence-corrected chi connectivity index (χ4v) is 3.69. The summed E-state index contributed by atoms with van der Waals surface area (Å²) in [5.74, 6) is 0.364. The van der Waals surface area contributed by atoms with Gasteiger partial charge in [-0.25, -0.2) is 0 Å². The molecule has 3 N–H and O–H groups in total. The Kier molecular flexibility index (Phi) is 8.87. The Labute approximate surface area is 164 Å². The molecule has 1 aliphatic heterocycles. The standard InChI is InChI=1S/C20H34N4O.ClH/c1-20(2,15-23(3)4)14-22-19(25)17-8-10-24(11-9-17)13-16-6-5-7-18(21)12-16;/h5-7,12,17H,8-11,13-15,21H2,1-4H3,(H,22,25);1H. The van der Waals surface area contributed by atoms with Crippen LogP contribution in [0.1, 0.15) is 32.3 Å². The molecule has 26 heavy (non-hydrogen) atoms. The van der Waals surface area contributed by atoms with Crippen LogP contribution in [-0.4, -0.2) is 56.0 Å². The Hall–Kier alpha value is -1.30. The third-order valence-electron chi connectivity index (χ3n) is 4.80. The quantitative estimate of drug-likeness (QED) is 0.711. The maximum Gasteiger partial charge on any atom is 0.223 e. The van der Waals surface area contributed by atoms with Gasteiger partial charge in [-0.05, 0) is 63.1 Å². The Balaban J connectivity index is 0.00000338. The molecular formula is C20H35ClN4O. The lowest BCUT2D eigenvalue weighted by Gasteiger charge is -2.33. The third-order valence-corrected chi connectivity index (χ3v) is 4.80. The molecule has 0 radical (unpaired) electrons. The number of hydrogen-bond acceptors (Lipinski definition) is 4. The van der Waals surface area contributed by atoms with Crippen molar-refractivity contribution in [3.8, 4) is 0 Å². The van der Waals surface area contributed by atoms with Crippen molar-refractivity contribution in [2.75, 3.05) is 46.0 Å². The van der Waals surface area contributed by atoms with Gasteiger partial charge in [-0.15, -0.1) is 12.4 Å². The van der Waals surface area contributed by atoms with Crippen molar-refractivity contribution < 1.29 is 4.79 Å². The maximum atomic E-state index is 12.5. The fraction of sp³-hybridized carbons (Fsp3) is 0.650. The van der Waals surface area contributed by atoms with Gasteiger partial charge in [0.05, 0.1) is 0 Å². The van der Waals surface area contributed by atoms with Crippen molar-refractivity contribution in [2.24, 2.45) is 11.3 Å². The Bertz CT molecular complexity index is 569. The first-order valence-corrected chi connectivity index (χ1v) is 9.24. The maximum absolute atomic E-state index is 12.5. The zero-order valence-corrected chi connectivity index (χ0v) is 17.4. The number of hydrogen-bond donors (Lipinski definition) is 2. The molecule has 0 aromatic heterocycles. The van der Waals surface area contributed by atoms with Crippen LogP contribution in [-0.2, 0) is 11.3 Å². The van der Waals surface area contributed by atoms with Gasteiger partial charge in [0.1, 0.15) is 0 Å². The number of anilines is 1. The van der Waals surface area contributed by atoms with E-state index in [-0.39, 0.29) is 29.6 Å². The van der Waals surface area contributed by atoms with Crippen LogP contribution >= 0.6 is 12.4 Å². The van der Waals surface area contributed by atoms with Crippen molar-refractivity contribution in [1.29, 1.82) is 0 Å². The largest absolute Gasteiger partial charge is 0.399 e. The Morgan fingerprint density at radius 2 is 1.96 bits per heavy atom. The van der Waals surface area contributed by atoms with E-state index < -0.39 is 0 Å². The molecule has 0 atom stereocenters. The van der Waals surface area contributed by atoms with Crippen LogP contribution in [0.3, 0.4) is 0 Å². The third kappa shape index (κ3) is 7.52. The van der Waals surface area contributed by atoms with Crippen molar-refractivity contribution in [3.63, 3.8) is 0 Å². The van der Waals surface area contributed by atoms with Crippen LogP contribution in [0, 0.1) is 11.3 Å². The first-order chi connectivity index (χ1) is 11.7. The summed E-state index contributed by atoms with van der Waals surface area (Å²) in [5.41, 5.74) is 8.00. The van der Waals surface area contributed by atoms with Crippen LogP contribution < -0.4 is 11.1 Å². The van der Waals surface area contributed by atoms with E-state index in [2.05, 4.69) is 49.1 Å². The number of likely N-dealkylation sites (tertiary alicyclic amines) is 1. The molecule has 1 saturated heterocycles. The number of rotatable bonds is 7. The molecule has 5 nitrogen and oxygen atoms in total. The highest BCUT2D eigenvalue weighted by Crippen LogP contribution is 2.21. The monoisotopic (exact) mass is 382 g/mol. The number of amides is 1. The van der Waals surface area contributed by atoms with Gasteiger partial charge >= 0.3 is 0 Å². The molecule has 1 heterocycles. The number of carbonyl (C=O) groups excluding carboxylic acids is 1. The molecule has 6 heteroatoms. The molecule has 0 aliphatic carbocycles. The SMILES string of the molecule is CN(C)CC(C)(C)CNC(=O)C1CCN(Cc2cccc(N)c2)CC1.Cl. The Morgan fingerprint density at radius 1 is 1.31 bits per heavy atom. The van der Waals surface area contributed by atoms with Crippen molar-refractivity contribution in [1.82, 2.24) is 15.1 Å². The summed E-state index contributed by atoms with van der Waals surface area (Å²) in [6.07, 6.45) is 1.87. The van der Waals surface area contributed by atoms with E-state index in [0.29, 0.717) is 0 Å². The topological polar surface area (TPSA) is 61.6 Å². The van der Waals surface area contributed by atoms with Gasteiger partial charge in [0.25, 0.3) is 0 Å². The van der Waals surface area contributed by atoms with Gasteiger partial charge in [-0.3, -0.25) is 9.69 Å². The minimum atomic E-state index is 0. The van der Waals surface area contributed by atoms with Crippen molar-refractivity contribution >= 4 is 24.0 Å². The van der Waals surface area contributed by atoms with E-state index in [9.17, 15) is 4.79 Å². The van der Waals surface area contributed by atoms with E-state index in [4.69, 9.17) is 5.73 Å². The minimum Gasteiger partial charge on any atom is -0.399 e. The highest BCUT2D eigenvalue weighted by atomic mass is 35.5. The first kappa shape index (κ1) is 22.7. The molecule has 148 valence electrons. The number of nitrogen functional groups attached to an aromatic ring is 1. The summed E-state index contributed by atoms with van der Waals surface area (Å²) >= 11 is 0. The molecule has 2 rings (SSSR count). The predicted molar refractivity (Wildman–Crippen MR) is 111 cm³/mol. The lowest BCUT2D eigenvalue weighted by Crippen LogP contribution is -2.44. The number of benzene rings is 1. The lowest BCUT2D eigenvalue weighted by atomic mass is 9.91. The minimum absolute atomic E-state index is 0. The summed E-state index contributed by atoms with van der Waals surface area (Å²) in [6, 6.07) is 8.06. The van der Waals surface area contributed by atoms with Gasteiger partial charge in [0, 0.05) is 31.2 Å². The van der Waals surface area contributed by atoms with Crippen LogP contribution in [0.5, 0.6) is 0 Å². The average Bonchev–Trinajstić information content (AvgIpc) is 2.52. The van der Waals surface area contributed by atoms with E-state index >= 15 is 0 Å². The van der Waals surface area contributed by atoms with Gasteiger partial charge in [-0.1, -0.05) is 26.0 Å². The van der Waals surface area contributed by atoms with Crippen LogP contribution in [0.25, 0.3) is 0 Å². The second-order valence-electron chi connectivity index (χ2n) is 8.42. The summed E-state index contributed by atoms with van der Waals surface area (Å²) in [4.78, 5) is 17.1. The fourth-order valence-electron chi connectivity index (χ4n) is 3.69. The molecule has 0 unspecified atom stereocenters. The highest BCUT2D eigenvalue weighted by Gasteiger charge is 2.27. The van der Waals surface area contributed by atoms with Gasteiger partial charge < -0.3 is 16.0 Å². The summed E-state index contributed by atoms with van der Waals surface area (Å²) < 4.78 is 0. The number of nitrogens with zero attached hydrogens (tertiary/aromatic N) is 2. The zero-order valence-electron chi connectivity index (χ0n) is 16.6. The smallest absolute Gasteiger partial charge is 0.223 e. The average molecular weight is 383 g/mol. The molecule has 1 aliphatic rings. The normalized spacial score (nSPS) is 16.3. The molecular weight excluding hydrogens is 348 g/mol. The van der Waals surface area contributed by atoms with Crippen molar-refractivity contribution in [2.45, 2.75) is 33.2 Å². The van der Waals surface area contributed by atoms with Gasteiger partial charge in [0.2, 0.25) is 5.91 Å². The summed E-state index contributed by atoms with van der Waals surface area (Å²) in [5, 5.41) is 3.17. The Morgan fingerprint density at radius 3 is 2.54 bits per heavy atom. The van der Waals surface area contributed by atoms with Crippen LogP contribution in [0.15, 0.2) is 24.3 Å². The molecule has 1 fully saturated rings. The highest BCUT2D eigenvalue weighted by molar-refractivity contribution is 5.85. The number of halogens is 1. The predicted octanol–water partition coefficient (Wildman–Crippen LogP) is 2.61. The molecule has 0 bridgehead atoms. The number of nitrogens with one attached hydrogen (secondary N) is 1. The van der Waals surface area contributed by atoms with E-state index in [1.807, 2.05) is 18.2 Å². The zero-order chi connectivity index (χ0) is 18.4. The number of carbonyl (C=O) groups is 1. The molecule has 0 spiro atoms. The molecule has 1 amide bonds. The summed E-state index contributed by atoms with van der Waals surface area (Å²) in [6.45, 7) is 8.93. The second kappa shape index (κ2) is 10.1. The van der Waals surface area contributed by atoms with E-state index in [1.165, 1.54) is 5.56 Å². The first-order valence-electron chi connectivity index (χ1n) is 9.24. The second-order valence-corrected chi connectivity index (χ2v) is 8.42. The van der Waals surface area contributed by atoms with E-state index in [0.717, 1.165) is 51.3 Å². The lowest BCUT2D eigenvalue weighted by molar-refractivity contribution is -0.127. The summed E-state index contributed by atoms with van der Waals surface area (Å²) in [7, 11) is 4.14. The number of piperidine rings is 1. The molecule has 1 aromatic rings. The van der Waals surface area contributed by atoms with E-state index in [1.54, 1.807) is 0 Å². The van der Waals surface area contributed by atoms with Gasteiger partial charge in [0.15, 0.2) is 0 Å². The van der Waals surface area contributed by atoms with Crippen LogP contribution in [0.4, 0.5) is 5.69 Å².